The van der Waals surface area contributed by atoms with E-state index in [0.29, 0.717) is 5.88 Å². The third-order valence-electron chi connectivity index (χ3n) is 3.09. The molecular formula is C15H19N3O. The second-order valence-electron chi connectivity index (χ2n) is 4.27. The van der Waals surface area contributed by atoms with Crippen LogP contribution in [0.3, 0.4) is 0 Å². The summed E-state index contributed by atoms with van der Waals surface area (Å²) in [7, 11) is 1.62. The van der Waals surface area contributed by atoms with Crippen LogP contribution in [-0.4, -0.2) is 18.6 Å². The summed E-state index contributed by atoms with van der Waals surface area (Å²) in [6.07, 6.45) is 1.76. The lowest BCUT2D eigenvalue weighted by Crippen LogP contribution is -2.22. The van der Waals surface area contributed by atoms with E-state index in [1.165, 1.54) is 0 Å². The molecule has 0 aliphatic rings. The van der Waals surface area contributed by atoms with Gasteiger partial charge in [-0.3, -0.25) is 0 Å². The number of nitrogens with two attached hydrogens (primary N) is 1. The Bertz CT molecular complexity index is 542. The van der Waals surface area contributed by atoms with Crippen LogP contribution in [0.4, 0.5) is 11.4 Å². The molecule has 0 bridgehead atoms. The number of nitrogen functional groups attached to an aromatic ring is 1. The molecule has 0 amide bonds. The highest BCUT2D eigenvalue weighted by Gasteiger charge is 2.08. The minimum Gasteiger partial charge on any atom is -0.481 e. The molecule has 1 aromatic carbocycles. The zero-order valence-corrected chi connectivity index (χ0v) is 11.3. The lowest BCUT2D eigenvalue weighted by Gasteiger charge is -2.24. The van der Waals surface area contributed by atoms with Crippen LogP contribution < -0.4 is 15.4 Å². The Balaban J connectivity index is 2.22. The first-order chi connectivity index (χ1) is 9.24. The molecule has 0 saturated carbocycles. The van der Waals surface area contributed by atoms with E-state index in [-0.39, 0.29) is 0 Å². The van der Waals surface area contributed by atoms with Gasteiger partial charge in [0, 0.05) is 36.7 Å². The number of nitrogens with zero attached hydrogens (tertiary/aromatic N) is 2. The first-order valence-corrected chi connectivity index (χ1v) is 6.33. The third kappa shape index (κ3) is 3.16. The van der Waals surface area contributed by atoms with Crippen LogP contribution in [-0.2, 0) is 6.54 Å². The molecule has 0 saturated heterocycles. The van der Waals surface area contributed by atoms with Crippen LogP contribution in [0.2, 0.25) is 0 Å². The maximum Gasteiger partial charge on any atom is 0.214 e. The zero-order valence-electron chi connectivity index (χ0n) is 11.3. The Labute approximate surface area is 113 Å². The van der Waals surface area contributed by atoms with E-state index in [9.17, 15) is 0 Å². The highest BCUT2D eigenvalue weighted by molar-refractivity contribution is 5.52. The summed E-state index contributed by atoms with van der Waals surface area (Å²) < 4.78 is 5.16. The summed E-state index contributed by atoms with van der Waals surface area (Å²) in [6.45, 7) is 3.78. The van der Waals surface area contributed by atoms with Crippen molar-refractivity contribution in [3.05, 3.63) is 48.2 Å². The second kappa shape index (κ2) is 6.09. The predicted molar refractivity (Wildman–Crippen MR) is 78.4 cm³/mol. The monoisotopic (exact) mass is 257 g/mol. The summed E-state index contributed by atoms with van der Waals surface area (Å²) >= 11 is 0. The first kappa shape index (κ1) is 13.2. The molecule has 4 nitrogen and oxygen atoms in total. The summed E-state index contributed by atoms with van der Waals surface area (Å²) in [6, 6.07) is 11.8. The summed E-state index contributed by atoms with van der Waals surface area (Å²) in [5, 5.41) is 0. The molecule has 1 aromatic heterocycles. The molecule has 4 heteroatoms. The number of ether oxygens (including phenoxy) is 1. The molecule has 19 heavy (non-hydrogen) atoms. The van der Waals surface area contributed by atoms with Crippen molar-refractivity contribution in [1.82, 2.24) is 4.98 Å². The average molecular weight is 257 g/mol. The van der Waals surface area contributed by atoms with Gasteiger partial charge < -0.3 is 15.4 Å². The number of hydrogen-bond acceptors (Lipinski definition) is 4. The lowest BCUT2D eigenvalue weighted by atomic mass is 10.1. The van der Waals surface area contributed by atoms with Crippen LogP contribution in [0, 0.1) is 0 Å². The normalized spacial score (nSPS) is 10.2. The molecule has 1 heterocycles. The number of methoxy groups -OCH3 is 1. The second-order valence-corrected chi connectivity index (χ2v) is 4.27. The highest BCUT2D eigenvalue weighted by atomic mass is 16.5. The van der Waals surface area contributed by atoms with Gasteiger partial charge >= 0.3 is 0 Å². The fraction of sp³-hybridized carbons (Fsp3) is 0.267. The molecule has 0 unspecified atom stereocenters. The van der Waals surface area contributed by atoms with Gasteiger partial charge in [-0.2, -0.15) is 0 Å². The number of rotatable bonds is 5. The Morgan fingerprint density at radius 3 is 2.74 bits per heavy atom. The third-order valence-corrected chi connectivity index (χ3v) is 3.09. The number of pyridine rings is 1. The van der Waals surface area contributed by atoms with Gasteiger partial charge in [-0.15, -0.1) is 0 Å². The van der Waals surface area contributed by atoms with Crippen molar-refractivity contribution in [3.8, 4) is 5.88 Å². The molecular weight excluding hydrogens is 238 g/mol. The summed E-state index contributed by atoms with van der Waals surface area (Å²) in [4.78, 5) is 6.36. The quantitative estimate of drug-likeness (QED) is 0.837. The van der Waals surface area contributed by atoms with E-state index < -0.39 is 0 Å². The average Bonchev–Trinajstić information content (AvgIpc) is 2.46. The number of para-hydroxylation sites is 1. The maximum absolute atomic E-state index is 5.99. The lowest BCUT2D eigenvalue weighted by molar-refractivity contribution is 0.398. The van der Waals surface area contributed by atoms with Crippen LogP contribution in [0.25, 0.3) is 0 Å². The van der Waals surface area contributed by atoms with Crippen LogP contribution >= 0.6 is 0 Å². The number of anilines is 2. The Morgan fingerprint density at radius 1 is 1.26 bits per heavy atom. The van der Waals surface area contributed by atoms with Crippen molar-refractivity contribution < 1.29 is 4.74 Å². The van der Waals surface area contributed by atoms with Gasteiger partial charge in [0.1, 0.15) is 0 Å². The minimum atomic E-state index is 0.622. The van der Waals surface area contributed by atoms with Crippen molar-refractivity contribution in [3.63, 3.8) is 0 Å². The maximum atomic E-state index is 5.99. The number of benzene rings is 1. The molecule has 100 valence electrons. The molecule has 0 aliphatic heterocycles. The van der Waals surface area contributed by atoms with E-state index in [1.54, 1.807) is 13.3 Å². The van der Waals surface area contributed by atoms with E-state index in [4.69, 9.17) is 10.5 Å². The molecule has 2 aromatic rings. The van der Waals surface area contributed by atoms with Gasteiger partial charge in [0.25, 0.3) is 0 Å². The van der Waals surface area contributed by atoms with Crippen LogP contribution in [0.1, 0.15) is 12.5 Å². The highest BCUT2D eigenvalue weighted by Crippen LogP contribution is 2.22. The Hall–Kier alpha value is -2.23. The van der Waals surface area contributed by atoms with Crippen molar-refractivity contribution in [2.45, 2.75) is 13.5 Å². The summed E-state index contributed by atoms with van der Waals surface area (Å²) in [5.41, 5.74) is 9.02. The van der Waals surface area contributed by atoms with Crippen molar-refractivity contribution in [2.24, 2.45) is 0 Å². The fourth-order valence-electron chi connectivity index (χ4n) is 1.98. The number of aromatic nitrogens is 1. The van der Waals surface area contributed by atoms with E-state index >= 15 is 0 Å². The van der Waals surface area contributed by atoms with Crippen LogP contribution in [0.15, 0.2) is 42.6 Å². The SMILES string of the molecule is CCN(Cc1ccccc1N)c1ccnc(OC)c1. The van der Waals surface area contributed by atoms with Gasteiger partial charge in [-0.05, 0) is 24.6 Å². The molecule has 0 spiro atoms. The molecule has 0 radical (unpaired) electrons. The van der Waals surface area contributed by atoms with Gasteiger partial charge in [-0.1, -0.05) is 18.2 Å². The predicted octanol–water partition coefficient (Wildman–Crippen LogP) is 2.70. The molecule has 0 fully saturated rings. The van der Waals surface area contributed by atoms with Crippen molar-refractivity contribution in [1.29, 1.82) is 0 Å². The van der Waals surface area contributed by atoms with Crippen molar-refractivity contribution >= 4 is 11.4 Å². The van der Waals surface area contributed by atoms with Crippen molar-refractivity contribution in [2.75, 3.05) is 24.3 Å². The van der Waals surface area contributed by atoms with Gasteiger partial charge in [-0.25, -0.2) is 4.98 Å². The van der Waals surface area contributed by atoms with Gasteiger partial charge in [0.2, 0.25) is 5.88 Å². The fourth-order valence-corrected chi connectivity index (χ4v) is 1.98. The zero-order chi connectivity index (χ0) is 13.7. The molecule has 2 rings (SSSR count). The van der Waals surface area contributed by atoms with E-state index in [1.807, 2.05) is 30.3 Å². The van der Waals surface area contributed by atoms with Gasteiger partial charge in [0.05, 0.1) is 7.11 Å². The topological polar surface area (TPSA) is 51.4 Å². The molecule has 0 aliphatic carbocycles. The smallest absolute Gasteiger partial charge is 0.214 e. The molecule has 0 atom stereocenters. The first-order valence-electron chi connectivity index (χ1n) is 6.33. The molecule has 2 N–H and O–H groups in total. The van der Waals surface area contributed by atoms with E-state index in [2.05, 4.69) is 22.9 Å². The van der Waals surface area contributed by atoms with E-state index in [0.717, 1.165) is 30.0 Å². The van der Waals surface area contributed by atoms with Gasteiger partial charge in [0.15, 0.2) is 0 Å². The number of hydrogen-bond donors (Lipinski definition) is 1. The largest absolute Gasteiger partial charge is 0.481 e. The standard InChI is InChI=1S/C15H19N3O/c1-3-18(11-12-6-4-5-7-14(12)16)13-8-9-17-15(10-13)19-2/h4-10H,3,11,16H2,1-2H3. The summed E-state index contributed by atoms with van der Waals surface area (Å²) in [5.74, 6) is 0.622. The Kier molecular flexibility index (Phi) is 4.23. The Morgan fingerprint density at radius 2 is 2.05 bits per heavy atom. The minimum absolute atomic E-state index is 0.622. The van der Waals surface area contributed by atoms with Crippen LogP contribution in [0.5, 0.6) is 5.88 Å².